The maximum atomic E-state index is 10.5. The van der Waals surface area contributed by atoms with Crippen molar-refractivity contribution in [3.63, 3.8) is 0 Å². The van der Waals surface area contributed by atoms with Gasteiger partial charge in [-0.2, -0.15) is 0 Å². The molecule has 0 aliphatic carbocycles. The van der Waals surface area contributed by atoms with Gasteiger partial charge in [-0.1, -0.05) is 21.6 Å². The predicted octanol–water partition coefficient (Wildman–Crippen LogP) is -0.926. The van der Waals surface area contributed by atoms with Gasteiger partial charge in [-0.25, -0.2) is 4.79 Å². The lowest BCUT2D eigenvalue weighted by atomic mass is 10.2. The van der Waals surface area contributed by atoms with Crippen LogP contribution in [-0.2, 0) is 9.59 Å². The zero-order chi connectivity index (χ0) is 13.3. The number of hydroxylamine groups is 1. The minimum atomic E-state index is -1.11. The number of rotatable bonds is 10. The third kappa shape index (κ3) is 8.27. The molecule has 0 saturated heterocycles. The van der Waals surface area contributed by atoms with Gasteiger partial charge in [0.15, 0.2) is 6.04 Å². The first kappa shape index (κ1) is 16.5. The second-order valence-corrected chi connectivity index (χ2v) is 5.95. The lowest BCUT2D eigenvalue weighted by Crippen LogP contribution is -2.86. The molecular weight excluding hydrogens is 268 g/mol. The summed E-state index contributed by atoms with van der Waals surface area (Å²) in [4.78, 5) is 20.9. The molecule has 0 aliphatic rings. The molecule has 2 atom stereocenters. The Balaban J connectivity index is 3.46. The molecule has 0 fully saturated rings. The van der Waals surface area contributed by atoms with Crippen LogP contribution in [-0.4, -0.2) is 45.7 Å². The highest BCUT2D eigenvalue weighted by Gasteiger charge is 2.16. The van der Waals surface area contributed by atoms with E-state index in [4.69, 9.17) is 15.9 Å². The van der Waals surface area contributed by atoms with Crippen molar-refractivity contribution in [2.45, 2.75) is 24.9 Å². The molecule has 9 heteroatoms. The average molecular weight is 284 g/mol. The first-order valence-electron chi connectivity index (χ1n) is 4.90. The van der Waals surface area contributed by atoms with Gasteiger partial charge >= 0.3 is 11.9 Å². The largest absolute Gasteiger partial charge is 0.635 e. The number of quaternary nitrogens is 1. The molecule has 0 spiro atoms. The predicted molar refractivity (Wildman–Crippen MR) is 66.5 cm³/mol. The van der Waals surface area contributed by atoms with Crippen LogP contribution < -0.4 is 11.2 Å². The van der Waals surface area contributed by atoms with E-state index in [9.17, 15) is 14.8 Å². The molecule has 0 bridgehead atoms. The van der Waals surface area contributed by atoms with E-state index in [1.165, 1.54) is 21.6 Å². The maximum Gasteiger partial charge on any atom is 0.362 e. The van der Waals surface area contributed by atoms with Crippen LogP contribution in [0, 0.1) is 5.21 Å². The fourth-order valence-corrected chi connectivity index (χ4v) is 3.06. The second-order valence-electron chi connectivity index (χ2n) is 3.25. The fourth-order valence-electron chi connectivity index (χ4n) is 0.841. The summed E-state index contributed by atoms with van der Waals surface area (Å²) in [7, 11) is 2.84. The van der Waals surface area contributed by atoms with Crippen LogP contribution in [0.3, 0.4) is 0 Å². The van der Waals surface area contributed by atoms with Gasteiger partial charge in [0.05, 0.1) is 0 Å². The highest BCUT2D eigenvalue weighted by atomic mass is 33.1. The first-order chi connectivity index (χ1) is 7.99. The Kier molecular flexibility index (Phi) is 9.27. The van der Waals surface area contributed by atoms with Gasteiger partial charge in [0.2, 0.25) is 0 Å². The van der Waals surface area contributed by atoms with E-state index in [-0.39, 0.29) is 6.42 Å². The van der Waals surface area contributed by atoms with Crippen LogP contribution in [0.5, 0.6) is 0 Å². The Morgan fingerprint density at radius 2 is 1.71 bits per heavy atom. The summed E-state index contributed by atoms with van der Waals surface area (Å²) in [5.74, 6) is -1.03. The van der Waals surface area contributed by atoms with Crippen LogP contribution in [0.2, 0.25) is 0 Å². The van der Waals surface area contributed by atoms with Gasteiger partial charge < -0.3 is 26.6 Å². The van der Waals surface area contributed by atoms with Crippen molar-refractivity contribution >= 4 is 33.5 Å². The standard InChI is InChI=1S/C8H16N2O5S2/c9-5(7(11)12)1-3-16-17-4-2-6(10-15)8(13)14/h5-6H,1-4,9-10H2,(H,11,12)(H,13,14)/t5-,6-/m0/s1. The Hall–Kier alpha value is -0.480. The van der Waals surface area contributed by atoms with Crippen molar-refractivity contribution in [3.8, 4) is 0 Å². The van der Waals surface area contributed by atoms with Crippen LogP contribution in [0.25, 0.3) is 0 Å². The van der Waals surface area contributed by atoms with Crippen molar-refractivity contribution in [2.75, 3.05) is 11.5 Å². The topological polar surface area (TPSA) is 140 Å². The molecule has 6 N–H and O–H groups in total. The highest BCUT2D eigenvalue weighted by Crippen LogP contribution is 2.23. The van der Waals surface area contributed by atoms with Crippen molar-refractivity contribution in [2.24, 2.45) is 5.73 Å². The number of carboxylic acids is 2. The molecule has 0 rings (SSSR count). The molecule has 100 valence electrons. The summed E-state index contributed by atoms with van der Waals surface area (Å²) in [5.41, 5.74) is 5.72. The summed E-state index contributed by atoms with van der Waals surface area (Å²) in [6.45, 7) is 0. The van der Waals surface area contributed by atoms with Crippen molar-refractivity contribution < 1.29 is 25.3 Å². The molecule has 0 aliphatic heterocycles. The first-order valence-corrected chi connectivity index (χ1v) is 7.38. The van der Waals surface area contributed by atoms with Crippen LogP contribution in [0.4, 0.5) is 0 Å². The number of carbonyl (C=O) groups is 2. The summed E-state index contributed by atoms with van der Waals surface area (Å²) >= 11 is 0. The Morgan fingerprint density at radius 3 is 2.12 bits per heavy atom. The number of nitrogens with two attached hydrogens (primary N) is 2. The molecule has 0 heterocycles. The van der Waals surface area contributed by atoms with Crippen molar-refractivity contribution in [1.82, 2.24) is 0 Å². The smallest absolute Gasteiger partial charge is 0.362 e. The number of hydrogen-bond acceptors (Lipinski definition) is 6. The minimum Gasteiger partial charge on any atom is -0.635 e. The number of carboxylic acid groups (broad SMARTS) is 2. The van der Waals surface area contributed by atoms with Gasteiger partial charge in [-0.05, 0) is 6.42 Å². The lowest BCUT2D eigenvalue weighted by molar-refractivity contribution is -0.615. The summed E-state index contributed by atoms with van der Waals surface area (Å²) in [6.07, 6.45) is 0.643. The van der Waals surface area contributed by atoms with E-state index in [1.54, 1.807) is 0 Å². The molecule has 0 unspecified atom stereocenters. The lowest BCUT2D eigenvalue weighted by Gasteiger charge is -2.11. The van der Waals surface area contributed by atoms with Crippen LogP contribution in [0.15, 0.2) is 0 Å². The molecule has 0 radical (unpaired) electrons. The van der Waals surface area contributed by atoms with E-state index >= 15 is 0 Å². The van der Waals surface area contributed by atoms with E-state index in [0.717, 1.165) is 0 Å². The molecule has 0 saturated carbocycles. The van der Waals surface area contributed by atoms with E-state index in [2.05, 4.69) is 0 Å². The fraction of sp³-hybridized carbons (Fsp3) is 0.750. The highest BCUT2D eigenvalue weighted by molar-refractivity contribution is 8.76. The SMILES string of the molecule is N[C@@H](CCSSCC[C@H]([NH2+][O-])C(=O)O)C(=O)O. The summed E-state index contributed by atoms with van der Waals surface area (Å²) in [6, 6.07) is -1.81. The molecule has 0 amide bonds. The van der Waals surface area contributed by atoms with Crippen molar-refractivity contribution in [3.05, 3.63) is 5.21 Å². The van der Waals surface area contributed by atoms with Crippen LogP contribution in [0.1, 0.15) is 12.8 Å². The second kappa shape index (κ2) is 9.54. The van der Waals surface area contributed by atoms with Crippen LogP contribution >= 0.6 is 21.6 Å². The molecule has 7 nitrogen and oxygen atoms in total. The molecule has 0 aromatic heterocycles. The quantitative estimate of drug-likeness (QED) is 0.229. The normalized spacial score (nSPS) is 14.2. The molecule has 0 aromatic carbocycles. The zero-order valence-electron chi connectivity index (χ0n) is 9.07. The van der Waals surface area contributed by atoms with Gasteiger partial charge in [0, 0.05) is 17.9 Å². The molecule has 0 aromatic rings. The Morgan fingerprint density at radius 1 is 1.18 bits per heavy atom. The average Bonchev–Trinajstić information content (AvgIpc) is 2.27. The Bertz CT molecular complexity index is 254. The van der Waals surface area contributed by atoms with E-state index in [0.29, 0.717) is 23.4 Å². The maximum absolute atomic E-state index is 10.5. The third-order valence-corrected chi connectivity index (χ3v) is 4.38. The van der Waals surface area contributed by atoms with E-state index in [1.807, 2.05) is 0 Å². The van der Waals surface area contributed by atoms with Crippen molar-refractivity contribution in [1.29, 1.82) is 0 Å². The van der Waals surface area contributed by atoms with Gasteiger partial charge in [0.25, 0.3) is 0 Å². The van der Waals surface area contributed by atoms with E-state index < -0.39 is 24.0 Å². The van der Waals surface area contributed by atoms with Gasteiger partial charge in [0.1, 0.15) is 6.04 Å². The molecule has 17 heavy (non-hydrogen) atoms. The van der Waals surface area contributed by atoms with Gasteiger partial charge in [-0.3, -0.25) is 4.79 Å². The minimum absolute atomic E-state index is 0.279. The number of aliphatic carboxylic acids is 2. The van der Waals surface area contributed by atoms with Gasteiger partial charge in [-0.15, -0.1) is 0 Å². The third-order valence-electron chi connectivity index (χ3n) is 1.91. The summed E-state index contributed by atoms with van der Waals surface area (Å²) < 4.78 is 0. The monoisotopic (exact) mass is 284 g/mol. The Labute approximate surface area is 106 Å². The zero-order valence-corrected chi connectivity index (χ0v) is 10.7. The number of hydrogen-bond donors (Lipinski definition) is 4. The molecular formula is C8H16N2O5S2. The summed E-state index contributed by atoms with van der Waals surface area (Å²) in [5, 5.41) is 27.4.